The molecule has 0 unspecified atom stereocenters. The minimum absolute atomic E-state index is 0.0293. The van der Waals surface area contributed by atoms with Crippen molar-refractivity contribution in [2.45, 2.75) is 23.9 Å². The molecule has 0 saturated carbocycles. The standard InChI is InChI=1S/C21H24F2N2O2S/c1-15(24-20(26)14-28-19-8-7-17(22)13-18(19)23)21(16-5-3-2-4-6-16)25-9-11-27-12-10-25/h2-8,13,15,21H,9-12,14H2,1H3,(H,24,26)/t15-,21+/m1/s1. The molecule has 1 amide bonds. The number of benzene rings is 2. The molecule has 150 valence electrons. The van der Waals surface area contributed by atoms with Crippen molar-refractivity contribution in [2.75, 3.05) is 32.1 Å². The van der Waals surface area contributed by atoms with Gasteiger partial charge in [-0.3, -0.25) is 9.69 Å². The number of nitrogens with one attached hydrogen (secondary N) is 1. The summed E-state index contributed by atoms with van der Waals surface area (Å²) < 4.78 is 32.2. The number of nitrogens with zero attached hydrogens (tertiary/aromatic N) is 1. The van der Waals surface area contributed by atoms with Gasteiger partial charge in [0.05, 0.1) is 25.0 Å². The Hall–Kier alpha value is -1.96. The molecule has 1 saturated heterocycles. The van der Waals surface area contributed by atoms with Gasteiger partial charge in [-0.1, -0.05) is 30.3 Å². The van der Waals surface area contributed by atoms with Crippen LogP contribution in [-0.4, -0.2) is 48.9 Å². The molecular formula is C21H24F2N2O2S. The van der Waals surface area contributed by atoms with E-state index in [0.717, 1.165) is 36.5 Å². The van der Waals surface area contributed by atoms with Gasteiger partial charge in [-0.2, -0.15) is 0 Å². The summed E-state index contributed by atoms with van der Waals surface area (Å²) in [4.78, 5) is 15.0. The van der Waals surface area contributed by atoms with E-state index in [9.17, 15) is 13.6 Å². The molecule has 1 fully saturated rings. The smallest absolute Gasteiger partial charge is 0.230 e. The molecule has 28 heavy (non-hydrogen) atoms. The lowest BCUT2D eigenvalue weighted by atomic mass is 9.98. The van der Waals surface area contributed by atoms with Gasteiger partial charge in [-0.05, 0) is 24.6 Å². The molecule has 1 heterocycles. The second-order valence-electron chi connectivity index (χ2n) is 6.72. The molecule has 3 rings (SSSR count). The zero-order chi connectivity index (χ0) is 19.9. The number of hydrogen-bond acceptors (Lipinski definition) is 4. The number of amides is 1. The van der Waals surface area contributed by atoms with Gasteiger partial charge in [-0.25, -0.2) is 8.78 Å². The van der Waals surface area contributed by atoms with Crippen LogP contribution < -0.4 is 5.32 Å². The van der Waals surface area contributed by atoms with Gasteiger partial charge < -0.3 is 10.1 Å². The fourth-order valence-corrected chi connectivity index (χ4v) is 4.16. The number of thioether (sulfide) groups is 1. The number of carbonyl (C=O) groups is 1. The summed E-state index contributed by atoms with van der Waals surface area (Å²) in [6.07, 6.45) is 0. The lowest BCUT2D eigenvalue weighted by Gasteiger charge is -2.38. The lowest BCUT2D eigenvalue weighted by molar-refractivity contribution is -0.119. The second-order valence-corrected chi connectivity index (χ2v) is 7.74. The van der Waals surface area contributed by atoms with Crippen LogP contribution >= 0.6 is 11.8 Å². The summed E-state index contributed by atoms with van der Waals surface area (Å²) in [7, 11) is 0. The molecule has 7 heteroatoms. The molecule has 0 aliphatic carbocycles. The third-order valence-electron chi connectivity index (χ3n) is 4.70. The van der Waals surface area contributed by atoms with E-state index >= 15 is 0 Å². The van der Waals surface area contributed by atoms with Crippen LogP contribution in [0.1, 0.15) is 18.5 Å². The maximum absolute atomic E-state index is 13.7. The van der Waals surface area contributed by atoms with Crippen molar-refractivity contribution in [3.05, 3.63) is 65.7 Å². The molecule has 0 aromatic heterocycles. The van der Waals surface area contributed by atoms with Crippen LogP contribution in [0.15, 0.2) is 53.4 Å². The Labute approximate surface area is 168 Å². The Balaban J connectivity index is 1.63. The number of carbonyl (C=O) groups excluding carboxylic acids is 1. The molecule has 2 atom stereocenters. The van der Waals surface area contributed by atoms with Crippen molar-refractivity contribution in [3.8, 4) is 0 Å². The van der Waals surface area contributed by atoms with Crippen LogP contribution in [0.3, 0.4) is 0 Å². The zero-order valence-electron chi connectivity index (χ0n) is 15.7. The molecular weight excluding hydrogens is 382 g/mol. The Morgan fingerprint density at radius 1 is 1.18 bits per heavy atom. The van der Waals surface area contributed by atoms with E-state index in [1.807, 2.05) is 25.1 Å². The van der Waals surface area contributed by atoms with E-state index in [1.54, 1.807) is 0 Å². The van der Waals surface area contributed by atoms with E-state index in [1.165, 1.54) is 12.1 Å². The molecule has 1 N–H and O–H groups in total. The Bertz CT molecular complexity index is 785. The van der Waals surface area contributed by atoms with Gasteiger partial charge in [-0.15, -0.1) is 11.8 Å². The third-order valence-corrected chi connectivity index (χ3v) is 5.74. The minimum Gasteiger partial charge on any atom is -0.379 e. The number of hydrogen-bond donors (Lipinski definition) is 1. The molecule has 4 nitrogen and oxygen atoms in total. The topological polar surface area (TPSA) is 41.6 Å². The third kappa shape index (κ3) is 5.53. The summed E-state index contributed by atoms with van der Waals surface area (Å²) in [5.74, 6) is -1.40. The highest BCUT2D eigenvalue weighted by atomic mass is 32.2. The summed E-state index contributed by atoms with van der Waals surface area (Å²) >= 11 is 1.06. The van der Waals surface area contributed by atoms with E-state index in [4.69, 9.17) is 4.74 Å². The fraction of sp³-hybridized carbons (Fsp3) is 0.381. The predicted molar refractivity (Wildman–Crippen MR) is 106 cm³/mol. The highest BCUT2D eigenvalue weighted by molar-refractivity contribution is 8.00. The van der Waals surface area contributed by atoms with E-state index in [-0.39, 0.29) is 28.6 Å². The average molecular weight is 406 g/mol. The first-order valence-corrected chi connectivity index (χ1v) is 10.3. The minimum atomic E-state index is -0.652. The fourth-order valence-electron chi connectivity index (χ4n) is 3.43. The monoisotopic (exact) mass is 406 g/mol. The van der Waals surface area contributed by atoms with Crippen molar-refractivity contribution in [2.24, 2.45) is 0 Å². The summed E-state index contributed by atoms with van der Waals surface area (Å²) in [5.41, 5.74) is 1.13. The average Bonchev–Trinajstić information content (AvgIpc) is 2.69. The molecule has 2 aromatic rings. The SMILES string of the molecule is C[C@@H](NC(=O)CSc1ccc(F)cc1F)[C@@H](c1ccccc1)N1CCOCC1. The van der Waals surface area contributed by atoms with Crippen LogP contribution in [0.5, 0.6) is 0 Å². The molecule has 1 aliphatic rings. The number of morpholine rings is 1. The summed E-state index contributed by atoms with van der Waals surface area (Å²) in [6.45, 7) is 4.92. The van der Waals surface area contributed by atoms with Gasteiger partial charge >= 0.3 is 0 Å². The lowest BCUT2D eigenvalue weighted by Crippen LogP contribution is -2.48. The van der Waals surface area contributed by atoms with E-state index in [0.29, 0.717) is 13.2 Å². The maximum Gasteiger partial charge on any atom is 0.230 e. The number of halogens is 2. The molecule has 1 aliphatic heterocycles. The molecule has 2 aromatic carbocycles. The normalized spacial score (nSPS) is 17.1. The van der Waals surface area contributed by atoms with Crippen LogP contribution in [0.2, 0.25) is 0 Å². The van der Waals surface area contributed by atoms with Gasteiger partial charge in [0.1, 0.15) is 11.6 Å². The van der Waals surface area contributed by atoms with Crippen molar-refractivity contribution in [1.82, 2.24) is 10.2 Å². The van der Waals surface area contributed by atoms with Crippen molar-refractivity contribution in [1.29, 1.82) is 0 Å². The van der Waals surface area contributed by atoms with Crippen molar-refractivity contribution >= 4 is 17.7 Å². The quantitative estimate of drug-likeness (QED) is 0.713. The second kappa shape index (κ2) is 10.0. The van der Waals surface area contributed by atoms with Crippen LogP contribution in [0, 0.1) is 11.6 Å². The van der Waals surface area contributed by atoms with Crippen LogP contribution in [0.25, 0.3) is 0 Å². The molecule has 0 spiro atoms. The van der Waals surface area contributed by atoms with E-state index < -0.39 is 11.6 Å². The number of rotatable bonds is 7. The van der Waals surface area contributed by atoms with Gasteiger partial charge in [0, 0.05) is 30.1 Å². The Morgan fingerprint density at radius 3 is 2.57 bits per heavy atom. The highest BCUT2D eigenvalue weighted by Crippen LogP contribution is 2.26. The first-order valence-electron chi connectivity index (χ1n) is 9.28. The maximum atomic E-state index is 13.7. The van der Waals surface area contributed by atoms with Gasteiger partial charge in [0.2, 0.25) is 5.91 Å². The van der Waals surface area contributed by atoms with Crippen LogP contribution in [-0.2, 0) is 9.53 Å². The first kappa shape index (κ1) is 20.8. The Kier molecular flexibility index (Phi) is 7.42. The number of ether oxygens (including phenoxy) is 1. The van der Waals surface area contributed by atoms with Gasteiger partial charge in [0.15, 0.2) is 0 Å². The van der Waals surface area contributed by atoms with Crippen molar-refractivity contribution in [3.63, 3.8) is 0 Å². The molecule has 0 radical (unpaired) electrons. The van der Waals surface area contributed by atoms with E-state index in [2.05, 4.69) is 22.3 Å². The predicted octanol–water partition coefficient (Wildman–Crippen LogP) is 3.64. The highest BCUT2D eigenvalue weighted by Gasteiger charge is 2.28. The summed E-state index contributed by atoms with van der Waals surface area (Å²) in [6, 6.07) is 13.3. The summed E-state index contributed by atoms with van der Waals surface area (Å²) in [5, 5.41) is 3.04. The molecule has 0 bridgehead atoms. The first-order chi connectivity index (χ1) is 13.5. The van der Waals surface area contributed by atoms with Crippen LogP contribution in [0.4, 0.5) is 8.78 Å². The van der Waals surface area contributed by atoms with Crippen molar-refractivity contribution < 1.29 is 18.3 Å². The van der Waals surface area contributed by atoms with Gasteiger partial charge in [0.25, 0.3) is 0 Å². The Morgan fingerprint density at radius 2 is 1.89 bits per heavy atom. The largest absolute Gasteiger partial charge is 0.379 e. The zero-order valence-corrected chi connectivity index (χ0v) is 16.6.